The molecule has 1 aromatic heterocycles. The predicted molar refractivity (Wildman–Crippen MR) is 71.5 cm³/mol. The zero-order chi connectivity index (χ0) is 12.8. The number of aryl methyl sites for hydroxylation is 1. The van der Waals surface area contributed by atoms with Gasteiger partial charge < -0.3 is 10.4 Å². The topological polar surface area (TPSA) is 49.3 Å². The van der Waals surface area contributed by atoms with E-state index in [0.29, 0.717) is 18.9 Å². The summed E-state index contributed by atoms with van der Waals surface area (Å²) in [4.78, 5) is 12.6. The van der Waals surface area contributed by atoms with Crippen LogP contribution < -0.4 is 5.32 Å². The van der Waals surface area contributed by atoms with E-state index < -0.39 is 6.10 Å². The summed E-state index contributed by atoms with van der Waals surface area (Å²) in [5.41, 5.74) is 1.07. The summed E-state index contributed by atoms with van der Waals surface area (Å²) >= 11 is 1.45. The number of nitrogens with one attached hydrogen (secondary N) is 1. The molecule has 0 aliphatic carbocycles. The van der Waals surface area contributed by atoms with Crippen molar-refractivity contribution in [3.05, 3.63) is 21.9 Å². The average molecular weight is 255 g/mol. The molecule has 0 radical (unpaired) electrons. The van der Waals surface area contributed by atoms with Crippen molar-refractivity contribution in [1.29, 1.82) is 0 Å². The molecule has 96 valence electrons. The molecule has 0 saturated heterocycles. The molecule has 1 heterocycles. The molecule has 0 spiro atoms. The lowest BCUT2D eigenvalue weighted by Gasteiger charge is -2.13. The number of rotatable bonds is 6. The first kappa shape index (κ1) is 14.2. The lowest BCUT2D eigenvalue weighted by Crippen LogP contribution is -2.32. The number of carbonyl (C=O) groups is 1. The minimum Gasteiger partial charge on any atom is -0.391 e. The highest BCUT2D eigenvalue weighted by Gasteiger charge is 2.13. The van der Waals surface area contributed by atoms with Gasteiger partial charge in [-0.05, 0) is 35.8 Å². The molecule has 0 fully saturated rings. The molecule has 3 nitrogen and oxygen atoms in total. The van der Waals surface area contributed by atoms with Gasteiger partial charge in [-0.15, -0.1) is 11.3 Å². The third-order valence-corrected chi connectivity index (χ3v) is 3.53. The lowest BCUT2D eigenvalue weighted by molar-refractivity contribution is 0.0903. The molecule has 1 rings (SSSR count). The van der Waals surface area contributed by atoms with Crippen molar-refractivity contribution in [2.45, 2.75) is 39.7 Å². The van der Waals surface area contributed by atoms with Gasteiger partial charge in [0, 0.05) is 6.54 Å². The summed E-state index contributed by atoms with van der Waals surface area (Å²) in [7, 11) is 0. The maximum atomic E-state index is 11.9. The summed E-state index contributed by atoms with van der Waals surface area (Å²) in [5, 5.41) is 14.4. The Hall–Kier alpha value is -0.870. The number of aliphatic hydroxyl groups excluding tert-OH is 1. The Morgan fingerprint density at radius 1 is 1.53 bits per heavy atom. The largest absolute Gasteiger partial charge is 0.391 e. The standard InChI is InChI=1S/C13H21NO2S/c1-4-10-5-6-17-12(10)13(16)14-8-11(15)7-9(2)3/h5-6,9,11,15H,4,7-8H2,1-3H3,(H,14,16). The van der Waals surface area contributed by atoms with E-state index in [2.05, 4.69) is 19.2 Å². The third-order valence-electron chi connectivity index (χ3n) is 2.58. The number of amides is 1. The fourth-order valence-electron chi connectivity index (χ4n) is 1.73. The van der Waals surface area contributed by atoms with Crippen molar-refractivity contribution in [1.82, 2.24) is 5.32 Å². The van der Waals surface area contributed by atoms with E-state index in [0.717, 1.165) is 16.9 Å². The molecular weight excluding hydrogens is 234 g/mol. The molecule has 4 heteroatoms. The average Bonchev–Trinajstić information content (AvgIpc) is 2.72. The van der Waals surface area contributed by atoms with Crippen molar-refractivity contribution >= 4 is 17.2 Å². The summed E-state index contributed by atoms with van der Waals surface area (Å²) in [6.45, 7) is 6.48. The molecule has 0 saturated carbocycles. The van der Waals surface area contributed by atoms with E-state index in [-0.39, 0.29) is 5.91 Å². The molecule has 1 atom stereocenters. The van der Waals surface area contributed by atoms with Gasteiger partial charge in [-0.2, -0.15) is 0 Å². The molecule has 2 N–H and O–H groups in total. The minimum absolute atomic E-state index is 0.0698. The highest BCUT2D eigenvalue weighted by Crippen LogP contribution is 2.17. The van der Waals surface area contributed by atoms with Crippen LogP contribution in [-0.2, 0) is 6.42 Å². The van der Waals surface area contributed by atoms with E-state index in [9.17, 15) is 9.90 Å². The second kappa shape index (κ2) is 6.77. The minimum atomic E-state index is -0.455. The second-order valence-electron chi connectivity index (χ2n) is 4.62. The number of aliphatic hydroxyl groups is 1. The number of carbonyl (C=O) groups excluding carboxylic acids is 1. The first-order valence-electron chi connectivity index (χ1n) is 6.07. The van der Waals surface area contributed by atoms with Crippen molar-refractivity contribution in [2.75, 3.05) is 6.54 Å². The summed E-state index contributed by atoms with van der Waals surface area (Å²) < 4.78 is 0. The Bertz CT molecular complexity index is 360. The maximum absolute atomic E-state index is 11.9. The second-order valence-corrected chi connectivity index (χ2v) is 5.54. The van der Waals surface area contributed by atoms with E-state index >= 15 is 0 Å². The monoisotopic (exact) mass is 255 g/mol. The Morgan fingerprint density at radius 2 is 2.24 bits per heavy atom. The van der Waals surface area contributed by atoms with E-state index in [1.807, 2.05) is 18.4 Å². The van der Waals surface area contributed by atoms with E-state index in [1.165, 1.54) is 11.3 Å². The van der Waals surface area contributed by atoms with Crippen LogP contribution in [0, 0.1) is 5.92 Å². The van der Waals surface area contributed by atoms with Crippen molar-refractivity contribution < 1.29 is 9.90 Å². The molecular formula is C13H21NO2S. The van der Waals surface area contributed by atoms with Gasteiger partial charge in [0.1, 0.15) is 0 Å². The lowest BCUT2D eigenvalue weighted by atomic mass is 10.1. The molecule has 0 aromatic carbocycles. The van der Waals surface area contributed by atoms with Crippen LogP contribution in [-0.4, -0.2) is 23.7 Å². The molecule has 1 amide bonds. The third kappa shape index (κ3) is 4.48. The molecule has 0 aliphatic heterocycles. The van der Waals surface area contributed by atoms with Gasteiger partial charge in [0.25, 0.3) is 5.91 Å². The van der Waals surface area contributed by atoms with Crippen LogP contribution in [0.3, 0.4) is 0 Å². The highest BCUT2D eigenvalue weighted by atomic mass is 32.1. The smallest absolute Gasteiger partial charge is 0.261 e. The summed E-state index contributed by atoms with van der Waals surface area (Å²) in [6, 6.07) is 1.98. The number of hydrogen-bond donors (Lipinski definition) is 2. The quantitative estimate of drug-likeness (QED) is 0.820. The Kier molecular flexibility index (Phi) is 5.65. The SMILES string of the molecule is CCc1ccsc1C(=O)NCC(O)CC(C)C. The van der Waals surface area contributed by atoms with Crippen LogP contribution in [0.1, 0.15) is 42.4 Å². The fourth-order valence-corrected chi connectivity index (χ4v) is 2.64. The van der Waals surface area contributed by atoms with Crippen molar-refractivity contribution in [2.24, 2.45) is 5.92 Å². The molecule has 0 aliphatic rings. The molecule has 0 bridgehead atoms. The van der Waals surface area contributed by atoms with Gasteiger partial charge in [0.15, 0.2) is 0 Å². The molecule has 1 aromatic rings. The zero-order valence-electron chi connectivity index (χ0n) is 10.7. The van der Waals surface area contributed by atoms with E-state index in [1.54, 1.807) is 0 Å². The van der Waals surface area contributed by atoms with Gasteiger partial charge in [-0.3, -0.25) is 4.79 Å². The van der Waals surface area contributed by atoms with Gasteiger partial charge in [-0.1, -0.05) is 20.8 Å². The molecule has 1 unspecified atom stereocenters. The first-order chi connectivity index (χ1) is 8.04. The Labute approximate surface area is 107 Å². The summed E-state index contributed by atoms with van der Waals surface area (Å²) in [5.74, 6) is 0.370. The van der Waals surface area contributed by atoms with Crippen LogP contribution in [0.4, 0.5) is 0 Å². The molecule has 17 heavy (non-hydrogen) atoms. The van der Waals surface area contributed by atoms with Crippen LogP contribution in [0.2, 0.25) is 0 Å². The Morgan fingerprint density at radius 3 is 2.82 bits per heavy atom. The van der Waals surface area contributed by atoms with Gasteiger partial charge in [-0.25, -0.2) is 0 Å². The summed E-state index contributed by atoms with van der Waals surface area (Å²) in [6.07, 6.45) is 1.12. The van der Waals surface area contributed by atoms with Crippen molar-refractivity contribution in [3.8, 4) is 0 Å². The van der Waals surface area contributed by atoms with Gasteiger partial charge in [0.2, 0.25) is 0 Å². The van der Waals surface area contributed by atoms with Crippen LogP contribution >= 0.6 is 11.3 Å². The van der Waals surface area contributed by atoms with Crippen LogP contribution in [0.15, 0.2) is 11.4 Å². The predicted octanol–water partition coefficient (Wildman–Crippen LogP) is 2.45. The Balaban J connectivity index is 2.45. The van der Waals surface area contributed by atoms with Crippen LogP contribution in [0.5, 0.6) is 0 Å². The highest BCUT2D eigenvalue weighted by molar-refractivity contribution is 7.12. The van der Waals surface area contributed by atoms with Gasteiger partial charge >= 0.3 is 0 Å². The fraction of sp³-hybridized carbons (Fsp3) is 0.615. The van der Waals surface area contributed by atoms with E-state index in [4.69, 9.17) is 0 Å². The van der Waals surface area contributed by atoms with Gasteiger partial charge in [0.05, 0.1) is 11.0 Å². The normalized spacial score (nSPS) is 12.8. The number of thiophene rings is 1. The van der Waals surface area contributed by atoms with Crippen LogP contribution in [0.25, 0.3) is 0 Å². The first-order valence-corrected chi connectivity index (χ1v) is 6.95. The zero-order valence-corrected chi connectivity index (χ0v) is 11.5. The number of hydrogen-bond acceptors (Lipinski definition) is 3. The maximum Gasteiger partial charge on any atom is 0.261 e. The van der Waals surface area contributed by atoms with Crippen molar-refractivity contribution in [3.63, 3.8) is 0 Å².